The predicted molar refractivity (Wildman–Crippen MR) is 111 cm³/mol. The molecule has 1 saturated heterocycles. The van der Waals surface area contributed by atoms with Crippen LogP contribution in [0.15, 0.2) is 54.7 Å². The Balaban J connectivity index is 1.53. The Kier molecular flexibility index (Phi) is 5.12. The van der Waals surface area contributed by atoms with Crippen LogP contribution in [-0.4, -0.2) is 31.0 Å². The summed E-state index contributed by atoms with van der Waals surface area (Å²) in [5.74, 6) is 0.967. The molecule has 0 radical (unpaired) electrons. The average Bonchev–Trinajstić information content (AvgIpc) is 3.14. The highest BCUT2D eigenvalue weighted by atomic mass is 16.1. The first-order chi connectivity index (χ1) is 13.3. The Morgan fingerprint density at radius 1 is 1.15 bits per heavy atom. The quantitative estimate of drug-likeness (QED) is 0.464. The lowest BCUT2D eigenvalue weighted by Gasteiger charge is -2.33. The van der Waals surface area contributed by atoms with Crippen molar-refractivity contribution in [3.8, 4) is 0 Å². The van der Waals surface area contributed by atoms with Gasteiger partial charge in [0.1, 0.15) is 0 Å². The van der Waals surface area contributed by atoms with Crippen LogP contribution in [0.1, 0.15) is 24.3 Å². The highest BCUT2D eigenvalue weighted by Crippen LogP contribution is 2.37. The first-order valence-corrected chi connectivity index (χ1v) is 9.61. The van der Waals surface area contributed by atoms with E-state index in [-0.39, 0.29) is 0 Å². The van der Waals surface area contributed by atoms with Crippen LogP contribution in [0.5, 0.6) is 0 Å². The summed E-state index contributed by atoms with van der Waals surface area (Å²) < 4.78 is 0. The number of piperidine rings is 1. The molecule has 1 aliphatic rings. The van der Waals surface area contributed by atoms with Crippen molar-refractivity contribution in [1.29, 1.82) is 0 Å². The Hall–Kier alpha value is -2.79. The molecular formula is C22H26N4O. The Labute approximate surface area is 159 Å². The highest BCUT2D eigenvalue weighted by Gasteiger charge is 2.28. The molecule has 1 aliphatic heterocycles. The van der Waals surface area contributed by atoms with Gasteiger partial charge in [-0.25, -0.2) is 0 Å². The molecule has 4 N–H and O–H groups in total. The van der Waals surface area contributed by atoms with Crippen LogP contribution in [-0.2, 0) is 4.79 Å². The molecule has 0 spiro atoms. The number of carbonyl (C=O) groups excluding carboxylic acids is 1. The second kappa shape index (κ2) is 7.84. The number of nitrogens with one attached hydrogen (secondary N) is 2. The summed E-state index contributed by atoms with van der Waals surface area (Å²) in [6.45, 7) is 2.67. The van der Waals surface area contributed by atoms with Gasteiger partial charge >= 0.3 is 0 Å². The fraction of sp³-hybridized carbons (Fsp3) is 0.318. The molecule has 1 aromatic heterocycles. The zero-order chi connectivity index (χ0) is 18.6. The summed E-state index contributed by atoms with van der Waals surface area (Å²) >= 11 is 0. The summed E-state index contributed by atoms with van der Waals surface area (Å²) in [5.41, 5.74) is 10.1. The van der Waals surface area contributed by atoms with Crippen molar-refractivity contribution in [2.24, 2.45) is 5.92 Å². The van der Waals surface area contributed by atoms with Crippen molar-refractivity contribution in [2.75, 3.05) is 30.3 Å². The van der Waals surface area contributed by atoms with Crippen molar-refractivity contribution in [1.82, 2.24) is 10.3 Å². The van der Waals surface area contributed by atoms with E-state index in [1.165, 1.54) is 16.5 Å². The Morgan fingerprint density at radius 3 is 2.81 bits per heavy atom. The first-order valence-electron chi connectivity index (χ1n) is 9.61. The average molecular weight is 362 g/mol. The number of benzene rings is 2. The Bertz CT molecular complexity index is 919. The number of rotatable bonds is 6. The number of nitrogens with zero attached hydrogens (tertiary/aromatic N) is 1. The largest absolute Gasteiger partial charge is 0.397 e. The second-order valence-corrected chi connectivity index (χ2v) is 7.30. The van der Waals surface area contributed by atoms with E-state index in [2.05, 4.69) is 40.8 Å². The molecule has 5 nitrogen and oxygen atoms in total. The van der Waals surface area contributed by atoms with Gasteiger partial charge in [0, 0.05) is 23.6 Å². The van der Waals surface area contributed by atoms with E-state index >= 15 is 0 Å². The van der Waals surface area contributed by atoms with Crippen LogP contribution < -0.4 is 16.0 Å². The fourth-order valence-electron chi connectivity index (χ4n) is 4.32. The molecule has 4 rings (SSSR count). The van der Waals surface area contributed by atoms with Crippen LogP contribution in [0.2, 0.25) is 0 Å². The minimum atomic E-state index is 0.477. The van der Waals surface area contributed by atoms with Gasteiger partial charge in [-0.2, -0.15) is 0 Å². The molecular weight excluding hydrogens is 336 g/mol. The Morgan fingerprint density at radius 2 is 1.96 bits per heavy atom. The molecule has 0 saturated carbocycles. The van der Waals surface area contributed by atoms with Crippen LogP contribution in [0.4, 0.5) is 11.4 Å². The molecule has 2 unspecified atom stereocenters. The third kappa shape index (κ3) is 3.55. The van der Waals surface area contributed by atoms with Crippen LogP contribution in [0.25, 0.3) is 10.9 Å². The minimum Gasteiger partial charge on any atom is -0.397 e. The van der Waals surface area contributed by atoms with Gasteiger partial charge in [0.05, 0.1) is 11.4 Å². The standard InChI is InChI=1S/C22H26N4O/c23-20-6-2-4-8-22(20)26(15-27)12-10-16-13-24-11-9-17(16)19-14-25-21-7-3-1-5-18(19)21/h1-8,14-17,24-25H,9-13,23H2. The zero-order valence-electron chi connectivity index (χ0n) is 15.4. The third-order valence-corrected chi connectivity index (χ3v) is 5.74. The van der Waals surface area contributed by atoms with Gasteiger partial charge in [-0.3, -0.25) is 4.79 Å². The number of para-hydroxylation sites is 3. The summed E-state index contributed by atoms with van der Waals surface area (Å²) in [7, 11) is 0. The normalized spacial score (nSPS) is 19.9. The number of hydrogen-bond acceptors (Lipinski definition) is 3. The zero-order valence-corrected chi connectivity index (χ0v) is 15.4. The van der Waals surface area contributed by atoms with Gasteiger partial charge in [-0.1, -0.05) is 30.3 Å². The van der Waals surface area contributed by atoms with Crippen molar-refractivity contribution < 1.29 is 4.79 Å². The maximum Gasteiger partial charge on any atom is 0.214 e. The van der Waals surface area contributed by atoms with Gasteiger partial charge in [0.25, 0.3) is 0 Å². The summed E-state index contributed by atoms with van der Waals surface area (Å²) in [6.07, 6.45) is 5.11. The number of aromatic amines is 1. The monoisotopic (exact) mass is 362 g/mol. The fourth-order valence-corrected chi connectivity index (χ4v) is 4.32. The number of nitrogens with two attached hydrogens (primary N) is 1. The van der Waals surface area contributed by atoms with E-state index in [4.69, 9.17) is 5.73 Å². The summed E-state index contributed by atoms with van der Waals surface area (Å²) in [6, 6.07) is 16.0. The molecule has 3 aromatic rings. The third-order valence-electron chi connectivity index (χ3n) is 5.74. The maximum atomic E-state index is 11.7. The minimum absolute atomic E-state index is 0.477. The van der Waals surface area contributed by atoms with E-state index in [1.54, 1.807) is 4.90 Å². The van der Waals surface area contributed by atoms with Gasteiger partial charge < -0.3 is 20.9 Å². The molecule has 27 heavy (non-hydrogen) atoms. The summed E-state index contributed by atoms with van der Waals surface area (Å²) in [4.78, 5) is 16.8. The smallest absolute Gasteiger partial charge is 0.214 e. The lowest BCUT2D eigenvalue weighted by molar-refractivity contribution is -0.107. The molecule has 5 heteroatoms. The number of amides is 1. The van der Waals surface area contributed by atoms with E-state index in [1.807, 2.05) is 24.3 Å². The molecule has 2 aromatic carbocycles. The lowest BCUT2D eigenvalue weighted by Crippen LogP contribution is -2.37. The lowest BCUT2D eigenvalue weighted by atomic mass is 9.79. The van der Waals surface area contributed by atoms with E-state index in [9.17, 15) is 4.79 Å². The molecule has 1 fully saturated rings. The number of carbonyl (C=O) groups is 1. The van der Waals surface area contributed by atoms with Gasteiger partial charge in [0.2, 0.25) is 6.41 Å². The molecule has 0 bridgehead atoms. The van der Waals surface area contributed by atoms with E-state index in [0.29, 0.717) is 24.1 Å². The molecule has 2 atom stereocenters. The molecule has 1 amide bonds. The first kappa shape index (κ1) is 17.6. The van der Waals surface area contributed by atoms with Crippen molar-refractivity contribution in [3.63, 3.8) is 0 Å². The molecule has 0 aliphatic carbocycles. The predicted octanol–water partition coefficient (Wildman–Crippen LogP) is 3.50. The maximum absolute atomic E-state index is 11.7. The number of H-pyrrole nitrogens is 1. The number of hydrogen-bond donors (Lipinski definition) is 3. The van der Waals surface area contributed by atoms with Crippen molar-refractivity contribution in [2.45, 2.75) is 18.8 Å². The SMILES string of the molecule is Nc1ccccc1N(C=O)CCC1CNCCC1c1c[nH]c2ccccc12. The topological polar surface area (TPSA) is 74.2 Å². The van der Waals surface area contributed by atoms with E-state index < -0.39 is 0 Å². The van der Waals surface area contributed by atoms with Gasteiger partial charge in [0.15, 0.2) is 0 Å². The van der Waals surface area contributed by atoms with Gasteiger partial charge in [-0.15, -0.1) is 0 Å². The number of fused-ring (bicyclic) bond motifs is 1. The van der Waals surface area contributed by atoms with Crippen LogP contribution >= 0.6 is 0 Å². The van der Waals surface area contributed by atoms with Gasteiger partial charge in [-0.05, 0) is 61.5 Å². The summed E-state index contributed by atoms with van der Waals surface area (Å²) in [5, 5.41) is 4.84. The van der Waals surface area contributed by atoms with E-state index in [0.717, 1.165) is 38.0 Å². The number of anilines is 2. The second-order valence-electron chi connectivity index (χ2n) is 7.30. The van der Waals surface area contributed by atoms with Crippen molar-refractivity contribution >= 4 is 28.7 Å². The number of nitrogen functional groups attached to an aromatic ring is 1. The molecule has 140 valence electrons. The highest BCUT2D eigenvalue weighted by molar-refractivity contribution is 5.84. The molecule has 2 heterocycles. The number of aromatic nitrogens is 1. The van der Waals surface area contributed by atoms with Crippen molar-refractivity contribution in [3.05, 3.63) is 60.3 Å². The van der Waals surface area contributed by atoms with Crippen LogP contribution in [0.3, 0.4) is 0 Å². The van der Waals surface area contributed by atoms with Crippen LogP contribution in [0, 0.1) is 5.92 Å².